The van der Waals surface area contributed by atoms with Crippen molar-refractivity contribution in [3.05, 3.63) is 93.5 Å². The summed E-state index contributed by atoms with van der Waals surface area (Å²) in [4.78, 5) is 0. The van der Waals surface area contributed by atoms with Gasteiger partial charge in [0, 0.05) is 10.9 Å². The average molecular weight is 423 g/mol. The average Bonchev–Trinajstić information content (AvgIpc) is 3.01. The number of fused-ring (bicyclic) bond motifs is 1. The number of rotatable bonds is 5. The Morgan fingerprint density at radius 1 is 1.04 bits per heavy atom. The maximum atomic E-state index is 6.11. The van der Waals surface area contributed by atoms with Gasteiger partial charge in [-0.3, -0.25) is 0 Å². The van der Waals surface area contributed by atoms with Gasteiger partial charge in [-0.05, 0) is 72.9 Å². The molecule has 0 aliphatic carbocycles. The van der Waals surface area contributed by atoms with E-state index in [-0.39, 0.29) is 5.60 Å². The van der Waals surface area contributed by atoms with Crippen molar-refractivity contribution < 1.29 is 9.47 Å². The first-order chi connectivity index (χ1) is 13.0. The van der Waals surface area contributed by atoms with Gasteiger partial charge in [0.1, 0.15) is 23.7 Å². The van der Waals surface area contributed by atoms with E-state index in [1.165, 1.54) is 22.3 Å². The molecule has 2 nitrogen and oxygen atoms in total. The number of benzene rings is 3. The van der Waals surface area contributed by atoms with Gasteiger partial charge < -0.3 is 9.47 Å². The van der Waals surface area contributed by atoms with Gasteiger partial charge in [0.15, 0.2) is 0 Å². The Hall–Kier alpha value is -2.26. The maximum Gasteiger partial charge on any atom is 0.144 e. The summed E-state index contributed by atoms with van der Waals surface area (Å²) in [7, 11) is 0. The van der Waals surface area contributed by atoms with Crippen LogP contribution in [0.5, 0.6) is 11.5 Å². The van der Waals surface area contributed by atoms with Crippen LogP contribution < -0.4 is 9.47 Å². The molecule has 4 rings (SSSR count). The quantitative estimate of drug-likeness (QED) is 0.492. The first-order valence-electron chi connectivity index (χ1n) is 9.24. The third kappa shape index (κ3) is 4.19. The summed E-state index contributed by atoms with van der Waals surface area (Å²) in [5, 5.41) is 0. The molecule has 0 spiro atoms. The summed E-state index contributed by atoms with van der Waals surface area (Å²) in [6, 6.07) is 23.0. The molecule has 1 unspecified atom stereocenters. The van der Waals surface area contributed by atoms with Crippen LogP contribution in [0.3, 0.4) is 0 Å². The smallest absolute Gasteiger partial charge is 0.144 e. The molecule has 0 fully saturated rings. The van der Waals surface area contributed by atoms with Crippen molar-refractivity contribution in [2.75, 3.05) is 6.61 Å². The zero-order chi connectivity index (χ0) is 18.9. The maximum absolute atomic E-state index is 6.11. The lowest BCUT2D eigenvalue weighted by Crippen LogP contribution is -2.37. The fraction of sp³-hybridized carbons (Fsp3) is 0.250. The molecular formula is C24H23BrO2. The lowest BCUT2D eigenvalue weighted by Gasteiger charge is -2.24. The molecule has 0 aromatic heterocycles. The third-order valence-corrected chi connectivity index (χ3v) is 5.56. The second-order valence-electron chi connectivity index (χ2n) is 7.52. The van der Waals surface area contributed by atoms with Crippen molar-refractivity contribution in [3.63, 3.8) is 0 Å². The molecule has 3 aromatic carbocycles. The van der Waals surface area contributed by atoms with Gasteiger partial charge in [-0.25, -0.2) is 0 Å². The molecule has 0 amide bonds. The Kier molecular flexibility index (Phi) is 4.96. The summed E-state index contributed by atoms with van der Waals surface area (Å²) < 4.78 is 13.3. The number of ether oxygens (including phenoxy) is 2. The number of halogens is 1. The second-order valence-corrected chi connectivity index (χ2v) is 8.43. The zero-order valence-corrected chi connectivity index (χ0v) is 17.3. The van der Waals surface area contributed by atoms with Gasteiger partial charge in [0.05, 0.1) is 0 Å². The van der Waals surface area contributed by atoms with Gasteiger partial charge in [-0.2, -0.15) is 0 Å². The van der Waals surface area contributed by atoms with Crippen LogP contribution in [-0.4, -0.2) is 12.2 Å². The molecule has 0 N–H and O–H groups in total. The molecule has 0 radical (unpaired) electrons. The molecule has 1 aliphatic heterocycles. The molecule has 3 aromatic rings. The molecular weight excluding hydrogens is 400 g/mol. The Labute approximate surface area is 169 Å². The lowest BCUT2D eigenvalue weighted by atomic mass is 10.00. The van der Waals surface area contributed by atoms with Crippen molar-refractivity contribution in [2.24, 2.45) is 0 Å². The van der Waals surface area contributed by atoms with Crippen molar-refractivity contribution in [2.45, 2.75) is 32.3 Å². The minimum Gasteiger partial charge on any atom is -0.489 e. The number of aryl methyl sites for hydroxylation is 1. The van der Waals surface area contributed by atoms with E-state index in [2.05, 4.69) is 72.2 Å². The number of hydrogen-bond donors (Lipinski definition) is 0. The monoisotopic (exact) mass is 422 g/mol. The molecule has 3 heteroatoms. The molecule has 0 bridgehead atoms. The summed E-state index contributed by atoms with van der Waals surface area (Å²) >= 11 is 3.56. The first-order valence-corrected chi connectivity index (χ1v) is 10.0. The molecule has 0 saturated carbocycles. The fourth-order valence-electron chi connectivity index (χ4n) is 3.52. The van der Waals surface area contributed by atoms with E-state index in [9.17, 15) is 0 Å². The topological polar surface area (TPSA) is 18.5 Å². The van der Waals surface area contributed by atoms with Crippen molar-refractivity contribution in [1.82, 2.24) is 0 Å². The van der Waals surface area contributed by atoms with Crippen LogP contribution in [0.4, 0.5) is 0 Å². The van der Waals surface area contributed by atoms with Crippen LogP contribution >= 0.6 is 15.9 Å². The number of hydrogen-bond acceptors (Lipinski definition) is 2. The highest BCUT2D eigenvalue weighted by molar-refractivity contribution is 9.10. The highest BCUT2D eigenvalue weighted by Crippen LogP contribution is 2.35. The Morgan fingerprint density at radius 3 is 2.59 bits per heavy atom. The summed E-state index contributed by atoms with van der Waals surface area (Å²) in [5.41, 5.74) is 4.87. The SMILES string of the molecule is Cc1ccc(Br)cc1Cc1ccc(OCC2(C)Cc3ccccc3O2)cc1. The van der Waals surface area contributed by atoms with Gasteiger partial charge in [-0.1, -0.05) is 52.3 Å². The molecule has 27 heavy (non-hydrogen) atoms. The van der Waals surface area contributed by atoms with Gasteiger partial charge in [0.2, 0.25) is 0 Å². The van der Waals surface area contributed by atoms with Crippen molar-refractivity contribution in [1.29, 1.82) is 0 Å². The minimum atomic E-state index is -0.310. The number of para-hydroxylation sites is 1. The lowest BCUT2D eigenvalue weighted by molar-refractivity contribution is 0.0559. The van der Waals surface area contributed by atoms with Crippen LogP contribution in [0.1, 0.15) is 29.2 Å². The fourth-order valence-corrected chi connectivity index (χ4v) is 3.93. The second kappa shape index (κ2) is 7.40. The predicted molar refractivity (Wildman–Crippen MR) is 113 cm³/mol. The van der Waals surface area contributed by atoms with E-state index in [1.54, 1.807) is 0 Å². The Morgan fingerprint density at radius 2 is 1.81 bits per heavy atom. The zero-order valence-electron chi connectivity index (χ0n) is 15.7. The highest BCUT2D eigenvalue weighted by Gasteiger charge is 2.35. The Balaban J connectivity index is 1.38. The van der Waals surface area contributed by atoms with Crippen molar-refractivity contribution in [3.8, 4) is 11.5 Å². The van der Waals surface area contributed by atoms with Crippen LogP contribution in [-0.2, 0) is 12.8 Å². The summed E-state index contributed by atoms with van der Waals surface area (Å²) in [6.45, 7) is 4.79. The molecule has 138 valence electrons. The Bertz CT molecular complexity index is 922. The molecule has 0 saturated heterocycles. The predicted octanol–water partition coefficient (Wildman–Crippen LogP) is 6.12. The molecule has 1 aliphatic rings. The van der Waals surface area contributed by atoms with Gasteiger partial charge >= 0.3 is 0 Å². The molecule has 1 atom stereocenters. The van der Waals surface area contributed by atoms with Gasteiger partial charge in [0.25, 0.3) is 0 Å². The van der Waals surface area contributed by atoms with E-state index in [1.807, 2.05) is 24.3 Å². The molecule has 1 heterocycles. The summed E-state index contributed by atoms with van der Waals surface area (Å²) in [5.74, 6) is 1.86. The van der Waals surface area contributed by atoms with E-state index >= 15 is 0 Å². The van der Waals surface area contributed by atoms with E-state index < -0.39 is 0 Å². The van der Waals surface area contributed by atoms with Crippen LogP contribution in [0, 0.1) is 6.92 Å². The van der Waals surface area contributed by atoms with Crippen molar-refractivity contribution >= 4 is 15.9 Å². The van der Waals surface area contributed by atoms with Crippen LogP contribution in [0.25, 0.3) is 0 Å². The minimum absolute atomic E-state index is 0.310. The van der Waals surface area contributed by atoms with E-state index in [4.69, 9.17) is 9.47 Å². The third-order valence-electron chi connectivity index (χ3n) is 5.07. The van der Waals surface area contributed by atoms with Crippen LogP contribution in [0.2, 0.25) is 0 Å². The summed E-state index contributed by atoms with van der Waals surface area (Å²) in [6.07, 6.45) is 1.80. The van der Waals surface area contributed by atoms with E-state index in [0.717, 1.165) is 28.8 Å². The van der Waals surface area contributed by atoms with Crippen LogP contribution in [0.15, 0.2) is 71.2 Å². The standard InChI is InChI=1S/C24H23BrO2/c1-17-7-10-21(25)14-20(17)13-18-8-11-22(12-9-18)26-16-24(2)15-19-5-3-4-6-23(19)27-24/h3-12,14H,13,15-16H2,1-2H3. The highest BCUT2D eigenvalue weighted by atomic mass is 79.9. The normalized spacial score (nSPS) is 18.0. The first kappa shape index (κ1) is 18.1. The van der Waals surface area contributed by atoms with E-state index in [0.29, 0.717) is 6.61 Å². The van der Waals surface area contributed by atoms with Gasteiger partial charge in [-0.15, -0.1) is 0 Å². The largest absolute Gasteiger partial charge is 0.489 e.